The minimum Gasteiger partial charge on any atom is -0.399 e. The Morgan fingerprint density at radius 1 is 1.12 bits per heavy atom. The van der Waals surface area contributed by atoms with Crippen molar-refractivity contribution in [1.29, 1.82) is 0 Å². The summed E-state index contributed by atoms with van der Waals surface area (Å²) >= 11 is 0. The summed E-state index contributed by atoms with van der Waals surface area (Å²) in [5.41, 5.74) is 8.40. The van der Waals surface area contributed by atoms with Crippen molar-refractivity contribution in [2.45, 2.75) is 6.92 Å². The number of fused-ring (bicyclic) bond motifs is 1. The van der Waals surface area contributed by atoms with Crippen molar-refractivity contribution >= 4 is 16.6 Å². The molecule has 0 saturated heterocycles. The summed E-state index contributed by atoms with van der Waals surface area (Å²) in [5.74, 6) is 0.552. The van der Waals surface area contributed by atoms with E-state index in [4.69, 9.17) is 5.73 Å². The van der Waals surface area contributed by atoms with Crippen LogP contribution in [0.5, 0.6) is 0 Å². The summed E-state index contributed by atoms with van der Waals surface area (Å²) in [7, 11) is 0. The zero-order chi connectivity index (χ0) is 11.8. The maximum Gasteiger partial charge on any atom is 0.251 e. The van der Waals surface area contributed by atoms with Gasteiger partial charge in [0.2, 0.25) is 0 Å². The van der Waals surface area contributed by atoms with Gasteiger partial charge in [0.1, 0.15) is 0 Å². The molecule has 0 radical (unpaired) electrons. The van der Waals surface area contributed by atoms with E-state index in [1.807, 2.05) is 25.1 Å². The van der Waals surface area contributed by atoms with Gasteiger partial charge in [-0.3, -0.25) is 0 Å². The van der Waals surface area contributed by atoms with Crippen LogP contribution in [0.15, 0.2) is 36.8 Å². The molecule has 3 aromatic rings. The quantitative estimate of drug-likeness (QED) is 0.640. The Kier molecular flexibility index (Phi) is 2.04. The second-order valence-electron chi connectivity index (χ2n) is 3.94. The SMILES string of the molecule is Cc1cnc(-n2ncc3ccc(N)cc32)nc1. The van der Waals surface area contributed by atoms with Crippen LogP contribution in [0.2, 0.25) is 0 Å². The first-order valence-electron chi connectivity index (χ1n) is 5.26. The monoisotopic (exact) mass is 225 g/mol. The Morgan fingerprint density at radius 2 is 1.88 bits per heavy atom. The van der Waals surface area contributed by atoms with Gasteiger partial charge in [0, 0.05) is 23.5 Å². The van der Waals surface area contributed by atoms with Crippen LogP contribution in [0.4, 0.5) is 5.69 Å². The minimum absolute atomic E-state index is 0.552. The lowest BCUT2D eigenvalue weighted by Gasteiger charge is -2.02. The Morgan fingerprint density at radius 3 is 2.65 bits per heavy atom. The summed E-state index contributed by atoms with van der Waals surface area (Å²) < 4.78 is 1.69. The number of rotatable bonds is 1. The van der Waals surface area contributed by atoms with E-state index in [9.17, 15) is 0 Å². The van der Waals surface area contributed by atoms with Crippen LogP contribution in [-0.4, -0.2) is 19.7 Å². The molecule has 3 rings (SSSR count). The molecule has 0 atom stereocenters. The first kappa shape index (κ1) is 9.77. The summed E-state index contributed by atoms with van der Waals surface area (Å²) in [6.45, 7) is 1.95. The zero-order valence-corrected chi connectivity index (χ0v) is 9.33. The highest BCUT2D eigenvalue weighted by Gasteiger charge is 2.06. The molecule has 2 heterocycles. The molecule has 5 nitrogen and oxygen atoms in total. The van der Waals surface area contributed by atoms with E-state index in [0.29, 0.717) is 11.6 Å². The number of hydrogen-bond donors (Lipinski definition) is 1. The fraction of sp³-hybridized carbons (Fsp3) is 0.0833. The lowest BCUT2D eigenvalue weighted by atomic mass is 10.2. The van der Waals surface area contributed by atoms with Crippen molar-refractivity contribution in [3.05, 3.63) is 42.4 Å². The average molecular weight is 225 g/mol. The van der Waals surface area contributed by atoms with E-state index in [2.05, 4.69) is 15.1 Å². The number of hydrogen-bond acceptors (Lipinski definition) is 4. The molecule has 0 aliphatic rings. The van der Waals surface area contributed by atoms with Crippen molar-refractivity contribution in [2.75, 3.05) is 5.73 Å². The molecule has 0 aliphatic carbocycles. The first-order valence-corrected chi connectivity index (χ1v) is 5.26. The second kappa shape index (κ2) is 3.55. The Labute approximate surface area is 97.9 Å². The summed E-state index contributed by atoms with van der Waals surface area (Å²) in [6.07, 6.45) is 5.31. The van der Waals surface area contributed by atoms with E-state index in [1.165, 1.54) is 0 Å². The predicted octanol–water partition coefficient (Wildman–Crippen LogP) is 1.71. The normalized spacial score (nSPS) is 10.9. The second-order valence-corrected chi connectivity index (χ2v) is 3.94. The maximum atomic E-state index is 5.77. The average Bonchev–Trinajstić information content (AvgIpc) is 2.73. The standard InChI is InChI=1S/C12H11N5/c1-8-5-14-12(15-6-8)17-11-4-10(13)3-2-9(11)7-16-17/h2-7H,13H2,1H3. The smallest absolute Gasteiger partial charge is 0.251 e. The van der Waals surface area contributed by atoms with Crippen LogP contribution < -0.4 is 5.73 Å². The van der Waals surface area contributed by atoms with Gasteiger partial charge in [-0.25, -0.2) is 9.97 Å². The van der Waals surface area contributed by atoms with Crippen molar-refractivity contribution in [1.82, 2.24) is 19.7 Å². The van der Waals surface area contributed by atoms with Crippen LogP contribution in [0, 0.1) is 6.92 Å². The van der Waals surface area contributed by atoms with Crippen LogP contribution in [0.25, 0.3) is 16.9 Å². The van der Waals surface area contributed by atoms with E-state index in [-0.39, 0.29) is 0 Å². The summed E-state index contributed by atoms with van der Waals surface area (Å²) in [4.78, 5) is 8.50. The zero-order valence-electron chi connectivity index (χ0n) is 9.33. The van der Waals surface area contributed by atoms with Gasteiger partial charge in [0.25, 0.3) is 5.95 Å². The lowest BCUT2D eigenvalue weighted by molar-refractivity contribution is 0.829. The Balaban J connectivity index is 2.23. The lowest BCUT2D eigenvalue weighted by Crippen LogP contribution is -2.02. The molecule has 0 spiro atoms. The van der Waals surface area contributed by atoms with Crippen molar-refractivity contribution < 1.29 is 0 Å². The molecule has 2 N–H and O–H groups in total. The number of benzene rings is 1. The highest BCUT2D eigenvalue weighted by Crippen LogP contribution is 2.18. The van der Waals surface area contributed by atoms with Crippen molar-refractivity contribution in [3.8, 4) is 5.95 Å². The number of nitrogens with zero attached hydrogens (tertiary/aromatic N) is 4. The molecule has 0 fully saturated rings. The third-order valence-electron chi connectivity index (χ3n) is 2.55. The highest BCUT2D eigenvalue weighted by molar-refractivity contribution is 5.82. The number of nitrogen functional groups attached to an aromatic ring is 1. The van der Waals surface area contributed by atoms with Gasteiger partial charge >= 0.3 is 0 Å². The first-order chi connectivity index (χ1) is 8.24. The molecule has 84 valence electrons. The van der Waals surface area contributed by atoms with Crippen LogP contribution in [0.3, 0.4) is 0 Å². The summed E-state index contributed by atoms with van der Waals surface area (Å²) in [6, 6.07) is 5.65. The summed E-state index contributed by atoms with van der Waals surface area (Å²) in [5, 5.41) is 5.29. The van der Waals surface area contributed by atoms with Gasteiger partial charge in [-0.15, -0.1) is 0 Å². The number of nitrogens with two attached hydrogens (primary N) is 1. The number of anilines is 1. The molecule has 0 unspecified atom stereocenters. The molecule has 1 aromatic carbocycles. The largest absolute Gasteiger partial charge is 0.399 e. The molecule has 0 amide bonds. The van der Waals surface area contributed by atoms with E-state index < -0.39 is 0 Å². The van der Waals surface area contributed by atoms with Gasteiger partial charge in [0.15, 0.2) is 0 Å². The Bertz CT molecular complexity index is 669. The van der Waals surface area contributed by atoms with E-state index in [1.54, 1.807) is 23.3 Å². The van der Waals surface area contributed by atoms with Crippen LogP contribution in [-0.2, 0) is 0 Å². The molecule has 0 aliphatic heterocycles. The van der Waals surface area contributed by atoms with E-state index >= 15 is 0 Å². The van der Waals surface area contributed by atoms with Crippen LogP contribution in [0.1, 0.15) is 5.56 Å². The van der Waals surface area contributed by atoms with Crippen LogP contribution >= 0.6 is 0 Å². The fourth-order valence-electron chi connectivity index (χ4n) is 1.69. The van der Waals surface area contributed by atoms with Crippen molar-refractivity contribution in [3.63, 3.8) is 0 Å². The molecule has 5 heteroatoms. The number of aryl methyl sites for hydroxylation is 1. The molecule has 2 aromatic heterocycles. The minimum atomic E-state index is 0.552. The maximum absolute atomic E-state index is 5.77. The fourth-order valence-corrected chi connectivity index (χ4v) is 1.69. The van der Waals surface area contributed by atoms with Crippen molar-refractivity contribution in [2.24, 2.45) is 0 Å². The van der Waals surface area contributed by atoms with Gasteiger partial charge in [-0.1, -0.05) is 0 Å². The molecule has 17 heavy (non-hydrogen) atoms. The molecule has 0 bridgehead atoms. The number of aromatic nitrogens is 4. The van der Waals surface area contributed by atoms with Gasteiger partial charge in [0.05, 0.1) is 11.7 Å². The molecular formula is C12H11N5. The van der Waals surface area contributed by atoms with E-state index in [0.717, 1.165) is 16.5 Å². The van der Waals surface area contributed by atoms with Gasteiger partial charge in [-0.05, 0) is 30.7 Å². The third-order valence-corrected chi connectivity index (χ3v) is 2.55. The van der Waals surface area contributed by atoms with Gasteiger partial charge < -0.3 is 5.73 Å². The Hall–Kier alpha value is -2.43. The molecule has 0 saturated carbocycles. The topological polar surface area (TPSA) is 69.6 Å². The molecular weight excluding hydrogens is 214 g/mol. The third kappa shape index (κ3) is 1.61. The highest BCUT2D eigenvalue weighted by atomic mass is 15.3. The van der Waals surface area contributed by atoms with Gasteiger partial charge in [-0.2, -0.15) is 9.78 Å². The predicted molar refractivity (Wildman–Crippen MR) is 65.8 cm³/mol.